The molecule has 29 heavy (non-hydrogen) atoms. The van der Waals surface area contributed by atoms with Crippen molar-refractivity contribution in [2.75, 3.05) is 26.2 Å². The molecule has 158 valence electrons. The number of piperidine rings is 2. The minimum atomic E-state index is -0.297. The third-order valence-corrected chi connectivity index (χ3v) is 6.19. The fourth-order valence-electron chi connectivity index (χ4n) is 4.31. The highest BCUT2D eigenvalue weighted by Crippen LogP contribution is 2.39. The molecule has 1 N–H and O–H groups in total. The molecule has 0 aliphatic carbocycles. The van der Waals surface area contributed by atoms with Crippen molar-refractivity contribution in [3.8, 4) is 11.4 Å². The lowest BCUT2D eigenvalue weighted by Crippen LogP contribution is -2.47. The molecule has 0 atom stereocenters. The Morgan fingerprint density at radius 1 is 1.14 bits per heavy atom. The summed E-state index contributed by atoms with van der Waals surface area (Å²) in [6.07, 6.45) is 6.50. The summed E-state index contributed by atoms with van der Waals surface area (Å²) in [7, 11) is 0. The van der Waals surface area contributed by atoms with Gasteiger partial charge in [0, 0.05) is 31.5 Å². The van der Waals surface area contributed by atoms with Crippen LogP contribution in [0, 0.1) is 11.2 Å². The second kappa shape index (κ2) is 9.67. The zero-order valence-electron chi connectivity index (χ0n) is 16.5. The van der Waals surface area contributed by atoms with Gasteiger partial charge in [0.05, 0.1) is 0 Å². The summed E-state index contributed by atoms with van der Waals surface area (Å²) in [5, 5.41) is 7.37. The number of benzene rings is 1. The van der Waals surface area contributed by atoms with E-state index in [1.165, 1.54) is 25.0 Å². The van der Waals surface area contributed by atoms with E-state index in [1.807, 2.05) is 4.90 Å². The summed E-state index contributed by atoms with van der Waals surface area (Å²) in [6.45, 7) is 3.98. The topological polar surface area (TPSA) is 71.3 Å². The van der Waals surface area contributed by atoms with E-state index in [-0.39, 0.29) is 24.1 Å². The fourth-order valence-corrected chi connectivity index (χ4v) is 4.31. The first-order chi connectivity index (χ1) is 13.6. The maximum Gasteiger partial charge on any atom is 0.226 e. The first-order valence-corrected chi connectivity index (χ1v) is 10.2. The van der Waals surface area contributed by atoms with Crippen molar-refractivity contribution >= 4 is 18.3 Å². The van der Waals surface area contributed by atoms with Gasteiger partial charge < -0.3 is 14.7 Å². The van der Waals surface area contributed by atoms with Gasteiger partial charge in [0.2, 0.25) is 17.6 Å². The lowest BCUT2D eigenvalue weighted by molar-refractivity contribution is -0.133. The van der Waals surface area contributed by atoms with Crippen LogP contribution in [-0.4, -0.2) is 47.1 Å². The lowest BCUT2D eigenvalue weighted by atomic mass is 9.71. The highest BCUT2D eigenvalue weighted by molar-refractivity contribution is 5.85. The van der Waals surface area contributed by atoms with Crippen molar-refractivity contribution in [2.24, 2.45) is 5.41 Å². The van der Waals surface area contributed by atoms with Crippen LogP contribution in [-0.2, 0) is 11.2 Å². The first-order valence-electron chi connectivity index (χ1n) is 10.2. The molecule has 2 saturated heterocycles. The van der Waals surface area contributed by atoms with Gasteiger partial charge in [0.1, 0.15) is 5.82 Å². The summed E-state index contributed by atoms with van der Waals surface area (Å²) in [6, 6.07) is 5.99. The average Bonchev–Trinajstić information content (AvgIpc) is 3.18. The number of halogens is 2. The van der Waals surface area contributed by atoms with E-state index in [0.717, 1.165) is 39.0 Å². The van der Waals surface area contributed by atoms with E-state index >= 15 is 0 Å². The molecule has 0 unspecified atom stereocenters. The van der Waals surface area contributed by atoms with Crippen LogP contribution in [0.3, 0.4) is 0 Å². The van der Waals surface area contributed by atoms with Crippen LogP contribution in [0.2, 0.25) is 0 Å². The Bertz CT molecular complexity index is 795. The maximum absolute atomic E-state index is 13.0. The van der Waals surface area contributed by atoms with Crippen LogP contribution in [0.5, 0.6) is 0 Å². The molecule has 0 radical (unpaired) electrons. The summed E-state index contributed by atoms with van der Waals surface area (Å²) in [4.78, 5) is 18.9. The number of carbonyl (C=O) groups is 1. The number of hydrogen-bond acceptors (Lipinski definition) is 5. The summed E-state index contributed by atoms with van der Waals surface area (Å²) < 4.78 is 18.3. The molecular weight excluding hydrogens is 395 g/mol. The second-order valence-electron chi connectivity index (χ2n) is 8.00. The number of amides is 1. The quantitative estimate of drug-likeness (QED) is 0.796. The molecule has 1 aromatic carbocycles. The van der Waals surface area contributed by atoms with Crippen molar-refractivity contribution in [2.45, 2.75) is 44.9 Å². The molecule has 2 fully saturated rings. The Morgan fingerprint density at radius 2 is 1.83 bits per heavy atom. The van der Waals surface area contributed by atoms with Gasteiger partial charge in [0.25, 0.3) is 0 Å². The van der Waals surface area contributed by atoms with Gasteiger partial charge in [-0.25, -0.2) is 4.39 Å². The largest absolute Gasteiger partial charge is 0.343 e. The van der Waals surface area contributed by atoms with E-state index in [4.69, 9.17) is 4.52 Å². The van der Waals surface area contributed by atoms with E-state index in [9.17, 15) is 9.18 Å². The molecule has 2 aliphatic heterocycles. The van der Waals surface area contributed by atoms with Gasteiger partial charge in [-0.3, -0.25) is 4.79 Å². The normalized spacial score (nSPS) is 18.4. The number of likely N-dealkylation sites (tertiary alicyclic amines) is 1. The monoisotopic (exact) mass is 422 g/mol. The predicted molar refractivity (Wildman–Crippen MR) is 110 cm³/mol. The van der Waals surface area contributed by atoms with Crippen LogP contribution < -0.4 is 5.32 Å². The predicted octanol–water partition coefficient (Wildman–Crippen LogP) is 3.61. The van der Waals surface area contributed by atoms with Crippen molar-refractivity contribution in [3.63, 3.8) is 0 Å². The van der Waals surface area contributed by atoms with Crippen LogP contribution in [0.1, 0.15) is 44.4 Å². The minimum absolute atomic E-state index is 0. The van der Waals surface area contributed by atoms with Gasteiger partial charge in [-0.2, -0.15) is 4.98 Å². The zero-order valence-corrected chi connectivity index (χ0v) is 17.3. The second-order valence-corrected chi connectivity index (χ2v) is 8.00. The van der Waals surface area contributed by atoms with Crippen molar-refractivity contribution < 1.29 is 13.7 Å². The lowest BCUT2D eigenvalue weighted by Gasteiger charge is -2.44. The number of rotatable bonds is 5. The van der Waals surface area contributed by atoms with Crippen LogP contribution in [0.15, 0.2) is 28.8 Å². The number of aromatic nitrogens is 2. The smallest absolute Gasteiger partial charge is 0.226 e. The van der Waals surface area contributed by atoms with E-state index in [1.54, 1.807) is 12.1 Å². The Hall–Kier alpha value is -1.99. The van der Waals surface area contributed by atoms with Crippen molar-refractivity contribution in [3.05, 3.63) is 36.0 Å². The molecule has 0 bridgehead atoms. The summed E-state index contributed by atoms with van der Waals surface area (Å²) in [5.41, 5.74) is 1.18. The molecular formula is C21H28ClFN4O2. The Labute approximate surface area is 176 Å². The van der Waals surface area contributed by atoms with Gasteiger partial charge >= 0.3 is 0 Å². The van der Waals surface area contributed by atoms with Crippen LogP contribution in [0.25, 0.3) is 11.4 Å². The van der Waals surface area contributed by atoms with Crippen molar-refractivity contribution in [1.82, 2.24) is 20.4 Å². The zero-order chi connectivity index (χ0) is 19.4. The molecule has 8 heteroatoms. The highest BCUT2D eigenvalue weighted by Gasteiger charge is 2.36. The number of nitrogens with one attached hydrogen (secondary N) is 1. The van der Waals surface area contributed by atoms with E-state index in [2.05, 4.69) is 15.5 Å². The molecule has 0 saturated carbocycles. The Morgan fingerprint density at radius 3 is 2.52 bits per heavy atom. The highest BCUT2D eigenvalue weighted by atomic mass is 35.5. The number of carbonyl (C=O) groups excluding carboxylic acids is 1. The Kier molecular flexibility index (Phi) is 7.24. The molecule has 4 rings (SSSR count). The van der Waals surface area contributed by atoms with Crippen LogP contribution in [0.4, 0.5) is 4.39 Å². The molecule has 2 aromatic rings. The molecule has 1 spiro atoms. The average molecular weight is 423 g/mol. The fraction of sp³-hybridized carbons (Fsp3) is 0.571. The third-order valence-electron chi connectivity index (χ3n) is 6.19. The molecule has 1 amide bonds. The number of nitrogens with zero attached hydrogens (tertiary/aromatic N) is 3. The maximum atomic E-state index is 13.0. The summed E-state index contributed by atoms with van der Waals surface area (Å²) in [5.74, 6) is 0.890. The van der Waals surface area contributed by atoms with Gasteiger partial charge in [-0.1, -0.05) is 5.16 Å². The molecule has 2 aliphatic rings. The molecule has 3 heterocycles. The molecule has 6 nitrogen and oxygen atoms in total. The Balaban J connectivity index is 0.00000240. The standard InChI is InChI=1S/C21H27FN4O2.ClH/c22-17-6-4-16(5-7-17)20-24-18(28-25-20)2-1-3-19(27)26-14-10-21(11-15-26)8-12-23-13-9-21;/h4-7,23H,1-3,8-15H2;1H. The number of aryl methyl sites for hydroxylation is 1. The summed E-state index contributed by atoms with van der Waals surface area (Å²) >= 11 is 0. The third kappa shape index (κ3) is 5.34. The van der Waals surface area contributed by atoms with E-state index < -0.39 is 0 Å². The first kappa shape index (κ1) is 21.7. The van der Waals surface area contributed by atoms with E-state index in [0.29, 0.717) is 42.0 Å². The number of hydrogen-bond donors (Lipinski definition) is 1. The SMILES string of the molecule is Cl.O=C(CCCc1nc(-c2ccc(F)cc2)no1)N1CCC2(CCNCC2)CC1. The van der Waals surface area contributed by atoms with Gasteiger partial charge in [-0.15, -0.1) is 12.4 Å². The molecule has 1 aromatic heterocycles. The van der Waals surface area contributed by atoms with Gasteiger partial charge in [0.15, 0.2) is 0 Å². The van der Waals surface area contributed by atoms with Crippen molar-refractivity contribution in [1.29, 1.82) is 0 Å². The van der Waals surface area contributed by atoms with Crippen LogP contribution >= 0.6 is 12.4 Å². The van der Waals surface area contributed by atoms with Gasteiger partial charge in [-0.05, 0) is 74.9 Å². The minimum Gasteiger partial charge on any atom is -0.343 e.